The summed E-state index contributed by atoms with van der Waals surface area (Å²) in [5.74, 6) is 1.40. The van der Waals surface area contributed by atoms with E-state index in [9.17, 15) is 14.9 Å². The average molecular weight is 513 g/mol. The fourth-order valence-electron chi connectivity index (χ4n) is 4.38. The molecule has 3 aromatic carbocycles. The van der Waals surface area contributed by atoms with Crippen molar-refractivity contribution in [1.29, 1.82) is 0 Å². The summed E-state index contributed by atoms with van der Waals surface area (Å²) >= 11 is 0. The second kappa shape index (κ2) is 10.1. The number of benzene rings is 3. The third kappa shape index (κ3) is 4.52. The van der Waals surface area contributed by atoms with E-state index in [1.807, 2.05) is 24.3 Å². The Labute approximate surface area is 217 Å². The first kappa shape index (κ1) is 24.5. The number of anilines is 2. The number of rotatable bonds is 7. The molecule has 1 aliphatic rings. The van der Waals surface area contributed by atoms with Gasteiger partial charge in [-0.3, -0.25) is 14.9 Å². The third-order valence-corrected chi connectivity index (χ3v) is 6.18. The van der Waals surface area contributed by atoms with Crippen LogP contribution in [-0.4, -0.2) is 39.8 Å². The number of hydrogen-bond donors (Lipinski definition) is 2. The number of ether oxygens (including phenoxy) is 2. The fourth-order valence-corrected chi connectivity index (χ4v) is 4.38. The van der Waals surface area contributed by atoms with E-state index in [2.05, 4.69) is 15.6 Å². The van der Waals surface area contributed by atoms with Crippen molar-refractivity contribution in [3.63, 3.8) is 0 Å². The molecule has 5 rings (SSSR count). The molecule has 2 heterocycles. The maximum atomic E-state index is 13.7. The minimum Gasteiger partial charge on any atom is -0.497 e. The van der Waals surface area contributed by atoms with Crippen LogP contribution in [0, 0.1) is 10.1 Å². The molecule has 1 aromatic heterocycles. The molecule has 0 radical (unpaired) electrons. The van der Waals surface area contributed by atoms with E-state index in [4.69, 9.17) is 14.6 Å². The van der Waals surface area contributed by atoms with Gasteiger partial charge in [0.2, 0.25) is 5.95 Å². The molecule has 0 bridgehead atoms. The molecule has 1 aliphatic heterocycles. The first-order chi connectivity index (χ1) is 18.4. The molecule has 0 saturated heterocycles. The van der Waals surface area contributed by atoms with Gasteiger partial charge in [-0.2, -0.15) is 4.98 Å². The van der Waals surface area contributed by atoms with Crippen molar-refractivity contribution in [1.82, 2.24) is 14.8 Å². The van der Waals surface area contributed by atoms with Gasteiger partial charge in [0.05, 0.1) is 24.7 Å². The molecule has 1 atom stereocenters. The Morgan fingerprint density at radius 1 is 1.05 bits per heavy atom. The highest BCUT2D eigenvalue weighted by atomic mass is 16.6. The van der Waals surface area contributed by atoms with Crippen molar-refractivity contribution < 1.29 is 19.2 Å². The van der Waals surface area contributed by atoms with Crippen molar-refractivity contribution in [2.45, 2.75) is 13.0 Å². The predicted octanol–water partition coefficient (Wildman–Crippen LogP) is 4.80. The van der Waals surface area contributed by atoms with Crippen molar-refractivity contribution >= 4 is 23.2 Å². The normalized spacial score (nSPS) is 14.3. The van der Waals surface area contributed by atoms with Gasteiger partial charge in [0, 0.05) is 40.7 Å². The molecule has 1 unspecified atom stereocenters. The lowest BCUT2D eigenvalue weighted by Gasteiger charge is -2.29. The monoisotopic (exact) mass is 512 g/mol. The number of nitrogens with one attached hydrogen (secondary N) is 2. The number of methoxy groups -OCH3 is 2. The number of carbonyl (C=O) groups excluding carboxylic acids is 1. The van der Waals surface area contributed by atoms with E-state index in [1.54, 1.807) is 55.1 Å². The van der Waals surface area contributed by atoms with E-state index in [0.29, 0.717) is 45.5 Å². The number of non-ortho nitro benzene ring substituents is 1. The summed E-state index contributed by atoms with van der Waals surface area (Å²) in [5, 5.41) is 22.1. The molecule has 2 N–H and O–H groups in total. The van der Waals surface area contributed by atoms with Gasteiger partial charge in [-0.05, 0) is 31.2 Å². The molecule has 0 spiro atoms. The summed E-state index contributed by atoms with van der Waals surface area (Å²) in [5.41, 5.74) is 2.67. The van der Waals surface area contributed by atoms with Crippen molar-refractivity contribution in [3.05, 3.63) is 99.7 Å². The topological polar surface area (TPSA) is 133 Å². The Bertz CT molecular complexity index is 1560. The Kier molecular flexibility index (Phi) is 6.48. The number of amides is 1. The summed E-state index contributed by atoms with van der Waals surface area (Å²) < 4.78 is 12.6. The highest BCUT2D eigenvalue weighted by molar-refractivity contribution is 6.06. The van der Waals surface area contributed by atoms with E-state index in [1.165, 1.54) is 19.2 Å². The highest BCUT2D eigenvalue weighted by Gasteiger charge is 2.36. The summed E-state index contributed by atoms with van der Waals surface area (Å²) in [6, 6.07) is 19.8. The Morgan fingerprint density at radius 2 is 1.84 bits per heavy atom. The Morgan fingerprint density at radius 3 is 2.55 bits per heavy atom. The molecule has 11 nitrogen and oxygen atoms in total. The predicted molar refractivity (Wildman–Crippen MR) is 141 cm³/mol. The zero-order valence-electron chi connectivity index (χ0n) is 20.8. The van der Waals surface area contributed by atoms with Crippen LogP contribution >= 0.6 is 0 Å². The molecule has 4 aromatic rings. The Balaban J connectivity index is 1.65. The zero-order chi connectivity index (χ0) is 26.8. The molecule has 38 heavy (non-hydrogen) atoms. The van der Waals surface area contributed by atoms with Crippen LogP contribution in [0.2, 0.25) is 0 Å². The fraction of sp³-hybridized carbons (Fsp3) is 0.148. The molecule has 0 aliphatic carbocycles. The summed E-state index contributed by atoms with van der Waals surface area (Å²) in [7, 11) is 3.10. The van der Waals surface area contributed by atoms with Gasteiger partial charge in [0.1, 0.15) is 17.5 Å². The van der Waals surface area contributed by atoms with Crippen molar-refractivity contribution in [2.75, 3.05) is 24.9 Å². The van der Waals surface area contributed by atoms with Crippen LogP contribution in [0.25, 0.3) is 11.4 Å². The largest absolute Gasteiger partial charge is 0.497 e. The van der Waals surface area contributed by atoms with Crippen LogP contribution in [0.5, 0.6) is 11.5 Å². The number of nitro groups is 1. The minimum atomic E-state index is -0.726. The molecular formula is C27H24N6O5. The molecule has 0 saturated carbocycles. The van der Waals surface area contributed by atoms with Gasteiger partial charge in [0.25, 0.3) is 11.6 Å². The van der Waals surface area contributed by atoms with Crippen LogP contribution < -0.4 is 20.1 Å². The maximum Gasteiger partial charge on any atom is 0.270 e. The van der Waals surface area contributed by atoms with E-state index < -0.39 is 11.0 Å². The first-order valence-electron chi connectivity index (χ1n) is 11.7. The third-order valence-electron chi connectivity index (χ3n) is 6.18. The second-order valence-electron chi connectivity index (χ2n) is 8.51. The van der Waals surface area contributed by atoms with Gasteiger partial charge in [-0.1, -0.05) is 30.3 Å². The van der Waals surface area contributed by atoms with Gasteiger partial charge >= 0.3 is 0 Å². The number of carbonyl (C=O) groups is 1. The SMILES string of the molecule is COc1ccc(C2C(C(=O)Nc3ccccc3)=C(C)Nc3nc(-c4cccc([N+](=O)[O-])c4)nn32)c(OC)c1. The van der Waals surface area contributed by atoms with Gasteiger partial charge in [-0.15, -0.1) is 5.10 Å². The number of aromatic nitrogens is 3. The number of nitrogens with zero attached hydrogens (tertiary/aromatic N) is 4. The zero-order valence-corrected chi connectivity index (χ0v) is 20.8. The quantitative estimate of drug-likeness (QED) is 0.267. The maximum absolute atomic E-state index is 13.7. The first-order valence-corrected chi connectivity index (χ1v) is 11.7. The lowest BCUT2D eigenvalue weighted by molar-refractivity contribution is -0.384. The minimum absolute atomic E-state index is 0.0751. The highest BCUT2D eigenvalue weighted by Crippen LogP contribution is 2.41. The number of allylic oxidation sites excluding steroid dienone is 1. The summed E-state index contributed by atoms with van der Waals surface area (Å²) in [6.07, 6.45) is 0. The Hall–Kier alpha value is -5.19. The summed E-state index contributed by atoms with van der Waals surface area (Å²) in [6.45, 7) is 1.79. The number of fused-ring (bicyclic) bond motifs is 1. The van der Waals surface area contributed by atoms with Gasteiger partial charge < -0.3 is 20.1 Å². The average Bonchev–Trinajstić information content (AvgIpc) is 3.36. The van der Waals surface area contributed by atoms with Gasteiger partial charge in [-0.25, -0.2) is 4.68 Å². The smallest absolute Gasteiger partial charge is 0.270 e. The molecule has 192 valence electrons. The molecule has 1 amide bonds. The van der Waals surface area contributed by atoms with Crippen LogP contribution in [0.4, 0.5) is 17.3 Å². The number of nitro benzene ring substituents is 1. The van der Waals surface area contributed by atoms with Crippen LogP contribution in [0.15, 0.2) is 84.1 Å². The van der Waals surface area contributed by atoms with Gasteiger partial charge in [0.15, 0.2) is 5.82 Å². The van der Waals surface area contributed by atoms with E-state index in [-0.39, 0.29) is 17.4 Å². The van der Waals surface area contributed by atoms with E-state index in [0.717, 1.165) is 0 Å². The van der Waals surface area contributed by atoms with Crippen molar-refractivity contribution in [2.24, 2.45) is 0 Å². The second-order valence-corrected chi connectivity index (χ2v) is 8.51. The summed E-state index contributed by atoms with van der Waals surface area (Å²) in [4.78, 5) is 29.1. The standard InChI is InChI=1S/C27H24N6O5/c1-16-23(26(34)29-18-9-5-4-6-10-18)24(21-13-12-20(37-2)15-22(21)38-3)32-27(28-16)30-25(31-32)17-8-7-11-19(14-17)33(35)36/h4-15,24H,1-3H3,(H,29,34)(H,28,30,31). The number of hydrogen-bond acceptors (Lipinski definition) is 8. The van der Waals surface area contributed by atoms with Crippen LogP contribution in [-0.2, 0) is 4.79 Å². The number of para-hydroxylation sites is 1. The van der Waals surface area contributed by atoms with Crippen LogP contribution in [0.3, 0.4) is 0 Å². The molecule has 11 heteroatoms. The molecule has 0 fully saturated rings. The van der Waals surface area contributed by atoms with E-state index >= 15 is 0 Å². The van der Waals surface area contributed by atoms with Crippen LogP contribution in [0.1, 0.15) is 18.5 Å². The van der Waals surface area contributed by atoms with Crippen molar-refractivity contribution in [3.8, 4) is 22.9 Å². The molecular weight excluding hydrogens is 488 g/mol. The lowest BCUT2D eigenvalue weighted by Crippen LogP contribution is -2.31. The lowest BCUT2D eigenvalue weighted by atomic mass is 9.94.